The van der Waals surface area contributed by atoms with E-state index in [0.717, 1.165) is 42.8 Å². The van der Waals surface area contributed by atoms with Crippen molar-refractivity contribution in [2.75, 3.05) is 18.9 Å². The summed E-state index contributed by atoms with van der Waals surface area (Å²) in [7, 11) is 0. The Labute approximate surface area is 157 Å². The molecule has 2 N–H and O–H groups in total. The molecule has 1 saturated heterocycles. The molecular weight excluding hydrogens is 350 g/mol. The van der Waals surface area contributed by atoms with E-state index >= 15 is 0 Å². The summed E-state index contributed by atoms with van der Waals surface area (Å²) in [4.78, 5) is 14.3. The van der Waals surface area contributed by atoms with Crippen LogP contribution in [0.4, 0.5) is 0 Å². The zero-order valence-corrected chi connectivity index (χ0v) is 16.3. The number of ether oxygens (including phenoxy) is 1. The maximum absolute atomic E-state index is 12.4. The highest BCUT2D eigenvalue weighted by molar-refractivity contribution is 8.00. The quantitative estimate of drug-likeness (QED) is 0.616. The molecule has 26 heavy (non-hydrogen) atoms. The summed E-state index contributed by atoms with van der Waals surface area (Å²) in [5.74, 6) is 7.60. The third-order valence-electron chi connectivity index (χ3n) is 4.54. The topological polar surface area (TPSA) is 86.3 Å². The maximum Gasteiger partial charge on any atom is 0.235 e. The molecule has 0 aliphatic carbocycles. The van der Waals surface area contributed by atoms with Crippen LogP contribution in [0.2, 0.25) is 0 Å². The number of benzene rings is 1. The molecule has 2 heterocycles. The molecule has 0 saturated carbocycles. The molecule has 1 atom stereocenters. The molecule has 1 aromatic heterocycles. The van der Waals surface area contributed by atoms with Gasteiger partial charge in [0.2, 0.25) is 11.1 Å². The number of carbonyl (C=O) groups is 1. The first-order valence-corrected chi connectivity index (χ1v) is 9.69. The van der Waals surface area contributed by atoms with Gasteiger partial charge in [0, 0.05) is 13.1 Å². The number of para-hydroxylation sites is 1. The molecule has 7 nitrogen and oxygen atoms in total. The van der Waals surface area contributed by atoms with Gasteiger partial charge >= 0.3 is 0 Å². The van der Waals surface area contributed by atoms with Crippen molar-refractivity contribution in [1.29, 1.82) is 0 Å². The van der Waals surface area contributed by atoms with Crippen LogP contribution in [-0.2, 0) is 11.4 Å². The molecule has 0 spiro atoms. The smallest absolute Gasteiger partial charge is 0.235 e. The van der Waals surface area contributed by atoms with Crippen molar-refractivity contribution in [1.82, 2.24) is 19.8 Å². The number of nitrogen functional groups attached to an aromatic ring is 1. The van der Waals surface area contributed by atoms with Crippen LogP contribution >= 0.6 is 11.8 Å². The molecule has 1 amide bonds. The molecule has 0 bridgehead atoms. The van der Waals surface area contributed by atoms with Crippen molar-refractivity contribution in [3.63, 3.8) is 0 Å². The fourth-order valence-corrected chi connectivity index (χ4v) is 3.93. The summed E-state index contributed by atoms with van der Waals surface area (Å²) >= 11 is 1.33. The minimum absolute atomic E-state index is 0.129. The predicted molar refractivity (Wildman–Crippen MR) is 102 cm³/mol. The highest BCUT2D eigenvalue weighted by Gasteiger charge is 2.26. The van der Waals surface area contributed by atoms with Crippen molar-refractivity contribution in [3.05, 3.63) is 35.2 Å². The van der Waals surface area contributed by atoms with Gasteiger partial charge in [-0.2, -0.15) is 0 Å². The van der Waals surface area contributed by atoms with E-state index < -0.39 is 0 Å². The van der Waals surface area contributed by atoms with Gasteiger partial charge in [-0.05, 0) is 44.7 Å². The molecule has 0 radical (unpaired) electrons. The summed E-state index contributed by atoms with van der Waals surface area (Å²) in [5.41, 5.74) is 2.13. The number of aromatic nitrogens is 3. The summed E-state index contributed by atoms with van der Waals surface area (Å²) in [6, 6.07) is 6.00. The van der Waals surface area contributed by atoms with Crippen LogP contribution in [0.1, 0.15) is 36.7 Å². The Morgan fingerprint density at radius 1 is 1.27 bits per heavy atom. The van der Waals surface area contributed by atoms with Crippen LogP contribution in [0.15, 0.2) is 23.4 Å². The molecule has 2 aromatic rings. The molecule has 1 aliphatic heterocycles. The van der Waals surface area contributed by atoms with Gasteiger partial charge in [0.15, 0.2) is 5.82 Å². The van der Waals surface area contributed by atoms with Crippen molar-refractivity contribution in [2.45, 2.75) is 50.6 Å². The van der Waals surface area contributed by atoms with Crippen LogP contribution < -0.4 is 10.6 Å². The fourth-order valence-electron chi connectivity index (χ4n) is 3.05. The van der Waals surface area contributed by atoms with E-state index in [1.807, 2.05) is 43.9 Å². The Bertz CT molecular complexity index is 766. The Hall–Kier alpha value is -2.22. The van der Waals surface area contributed by atoms with Crippen LogP contribution in [-0.4, -0.2) is 44.0 Å². The summed E-state index contributed by atoms with van der Waals surface area (Å²) in [6.45, 7) is 7.80. The molecule has 8 heteroatoms. The molecule has 1 aliphatic rings. The van der Waals surface area contributed by atoms with Gasteiger partial charge in [-0.3, -0.25) is 4.79 Å². The standard InChI is InChI=1S/C18H25N5O2S/c1-12-7-6-8-13(2)16(12)25-11-15-20-21-18(23(15)19)26-14(3)17(24)22-9-4-5-10-22/h6-8,14H,4-5,9-11,19H2,1-3H3. The van der Waals surface area contributed by atoms with E-state index in [0.29, 0.717) is 11.0 Å². The Morgan fingerprint density at radius 2 is 1.92 bits per heavy atom. The average molecular weight is 375 g/mol. The lowest BCUT2D eigenvalue weighted by Crippen LogP contribution is -2.34. The fraction of sp³-hybridized carbons (Fsp3) is 0.500. The summed E-state index contributed by atoms with van der Waals surface area (Å²) < 4.78 is 7.30. The molecule has 1 fully saturated rings. The number of rotatable bonds is 6. The Balaban J connectivity index is 1.63. The van der Waals surface area contributed by atoms with Crippen molar-refractivity contribution in [3.8, 4) is 5.75 Å². The van der Waals surface area contributed by atoms with Crippen LogP contribution in [0.5, 0.6) is 5.75 Å². The minimum Gasteiger partial charge on any atom is -0.485 e. The first kappa shape index (κ1) is 18.6. The molecular formula is C18H25N5O2S. The Kier molecular flexibility index (Phi) is 5.70. The molecule has 1 aromatic carbocycles. The Morgan fingerprint density at radius 3 is 2.58 bits per heavy atom. The monoisotopic (exact) mass is 375 g/mol. The third-order valence-corrected chi connectivity index (χ3v) is 5.58. The number of likely N-dealkylation sites (tertiary alicyclic amines) is 1. The number of amides is 1. The minimum atomic E-state index is -0.244. The van der Waals surface area contributed by atoms with Crippen molar-refractivity contribution in [2.24, 2.45) is 0 Å². The van der Waals surface area contributed by atoms with E-state index in [1.165, 1.54) is 16.4 Å². The lowest BCUT2D eigenvalue weighted by molar-refractivity contribution is -0.129. The number of nitrogens with zero attached hydrogens (tertiary/aromatic N) is 4. The van der Waals surface area contributed by atoms with Gasteiger partial charge in [0.25, 0.3) is 0 Å². The first-order valence-electron chi connectivity index (χ1n) is 8.81. The number of hydrogen-bond acceptors (Lipinski definition) is 6. The van der Waals surface area contributed by atoms with Crippen LogP contribution in [0.25, 0.3) is 0 Å². The van der Waals surface area contributed by atoms with Gasteiger partial charge in [-0.25, -0.2) is 4.68 Å². The lowest BCUT2D eigenvalue weighted by Gasteiger charge is -2.19. The zero-order chi connectivity index (χ0) is 18.7. The van der Waals surface area contributed by atoms with Gasteiger partial charge in [0.1, 0.15) is 12.4 Å². The van der Waals surface area contributed by atoms with Gasteiger partial charge in [-0.1, -0.05) is 30.0 Å². The van der Waals surface area contributed by atoms with Crippen molar-refractivity contribution >= 4 is 17.7 Å². The lowest BCUT2D eigenvalue weighted by atomic mass is 10.1. The third kappa shape index (κ3) is 3.95. The first-order chi connectivity index (χ1) is 12.5. The number of aryl methyl sites for hydroxylation is 2. The van der Waals surface area contributed by atoms with Crippen LogP contribution in [0, 0.1) is 13.8 Å². The number of nitrogens with two attached hydrogens (primary N) is 1. The second-order valence-corrected chi connectivity index (χ2v) is 7.88. The van der Waals surface area contributed by atoms with Gasteiger partial charge < -0.3 is 15.5 Å². The zero-order valence-electron chi connectivity index (χ0n) is 15.4. The molecule has 1 unspecified atom stereocenters. The SMILES string of the molecule is Cc1cccc(C)c1OCc1nnc(SC(C)C(=O)N2CCCC2)n1N. The van der Waals surface area contributed by atoms with Crippen LogP contribution in [0.3, 0.4) is 0 Å². The second kappa shape index (κ2) is 7.99. The maximum atomic E-state index is 12.4. The molecule has 3 rings (SSSR count). The van der Waals surface area contributed by atoms with Gasteiger partial charge in [-0.15, -0.1) is 10.2 Å². The largest absolute Gasteiger partial charge is 0.485 e. The second-order valence-electron chi connectivity index (χ2n) is 6.57. The number of carbonyl (C=O) groups excluding carboxylic acids is 1. The number of hydrogen-bond donors (Lipinski definition) is 1. The van der Waals surface area contributed by atoms with E-state index in [2.05, 4.69) is 10.2 Å². The van der Waals surface area contributed by atoms with E-state index in [-0.39, 0.29) is 17.8 Å². The highest BCUT2D eigenvalue weighted by atomic mass is 32.2. The summed E-state index contributed by atoms with van der Waals surface area (Å²) in [6.07, 6.45) is 2.16. The van der Waals surface area contributed by atoms with E-state index in [4.69, 9.17) is 10.6 Å². The van der Waals surface area contributed by atoms with Gasteiger partial charge in [0.05, 0.1) is 5.25 Å². The normalized spacial score (nSPS) is 15.3. The predicted octanol–water partition coefficient (Wildman–Crippen LogP) is 2.29. The number of thioether (sulfide) groups is 1. The highest BCUT2D eigenvalue weighted by Crippen LogP contribution is 2.25. The van der Waals surface area contributed by atoms with Crippen molar-refractivity contribution < 1.29 is 9.53 Å². The molecule has 140 valence electrons. The van der Waals surface area contributed by atoms with E-state index in [1.54, 1.807) is 0 Å². The van der Waals surface area contributed by atoms with E-state index in [9.17, 15) is 4.79 Å². The summed E-state index contributed by atoms with van der Waals surface area (Å²) in [5, 5.41) is 8.51. The average Bonchev–Trinajstić information content (AvgIpc) is 3.26.